The van der Waals surface area contributed by atoms with Crippen LogP contribution in [0.2, 0.25) is 0 Å². The molecule has 0 bridgehead atoms. The molecule has 26 heavy (non-hydrogen) atoms. The molecule has 0 radical (unpaired) electrons. The van der Waals surface area contributed by atoms with Crippen LogP contribution in [0.5, 0.6) is 5.75 Å². The van der Waals surface area contributed by atoms with Crippen molar-refractivity contribution in [2.45, 2.75) is 52.6 Å². The number of amides is 2. The maximum Gasteiger partial charge on any atom is 0.323 e. The van der Waals surface area contributed by atoms with Crippen LogP contribution in [0.4, 0.5) is 16.2 Å². The van der Waals surface area contributed by atoms with Crippen molar-refractivity contribution in [3.63, 3.8) is 0 Å². The van der Waals surface area contributed by atoms with Gasteiger partial charge in [-0.15, -0.1) is 0 Å². The SMILES string of the molecule is CCCC(CCC)Oc1ccc(Br)cc1NC(=O)Nc1ccc(C)cc1. The second kappa shape index (κ2) is 10.2. The van der Waals surface area contributed by atoms with Crippen LogP contribution in [0.25, 0.3) is 0 Å². The molecular formula is C21H27BrN2O2. The number of aryl methyl sites for hydroxylation is 1. The highest BCUT2D eigenvalue weighted by Gasteiger charge is 2.14. The fraction of sp³-hybridized carbons (Fsp3) is 0.381. The van der Waals surface area contributed by atoms with Crippen molar-refractivity contribution in [2.75, 3.05) is 10.6 Å². The van der Waals surface area contributed by atoms with Crippen molar-refractivity contribution in [1.82, 2.24) is 0 Å². The molecule has 0 aromatic heterocycles. The molecule has 2 aromatic rings. The summed E-state index contributed by atoms with van der Waals surface area (Å²) in [5.41, 5.74) is 2.55. The average Bonchev–Trinajstić information content (AvgIpc) is 2.60. The number of nitrogens with one attached hydrogen (secondary N) is 2. The predicted molar refractivity (Wildman–Crippen MR) is 112 cm³/mol. The van der Waals surface area contributed by atoms with Crippen LogP contribution < -0.4 is 15.4 Å². The second-order valence-electron chi connectivity index (χ2n) is 6.40. The first-order valence-corrected chi connectivity index (χ1v) is 9.92. The van der Waals surface area contributed by atoms with Crippen molar-refractivity contribution < 1.29 is 9.53 Å². The van der Waals surface area contributed by atoms with Crippen molar-refractivity contribution >= 4 is 33.3 Å². The minimum Gasteiger partial charge on any atom is -0.488 e. The lowest BCUT2D eigenvalue weighted by molar-refractivity contribution is 0.179. The Morgan fingerprint density at radius 2 is 1.69 bits per heavy atom. The highest BCUT2D eigenvalue weighted by molar-refractivity contribution is 9.10. The Balaban J connectivity index is 2.10. The van der Waals surface area contributed by atoms with Crippen molar-refractivity contribution in [3.05, 3.63) is 52.5 Å². The number of halogens is 1. The van der Waals surface area contributed by atoms with E-state index in [0.29, 0.717) is 11.4 Å². The molecular weight excluding hydrogens is 392 g/mol. The van der Waals surface area contributed by atoms with Crippen LogP contribution in [-0.4, -0.2) is 12.1 Å². The molecule has 0 unspecified atom stereocenters. The van der Waals surface area contributed by atoms with E-state index in [9.17, 15) is 4.79 Å². The first-order chi connectivity index (χ1) is 12.5. The number of hydrogen-bond donors (Lipinski definition) is 2. The molecule has 2 amide bonds. The molecule has 0 aliphatic heterocycles. The summed E-state index contributed by atoms with van der Waals surface area (Å²) >= 11 is 3.46. The first-order valence-electron chi connectivity index (χ1n) is 9.12. The maximum atomic E-state index is 12.4. The number of carbonyl (C=O) groups excluding carboxylic acids is 1. The smallest absolute Gasteiger partial charge is 0.323 e. The summed E-state index contributed by atoms with van der Waals surface area (Å²) in [6.45, 7) is 6.32. The van der Waals surface area contributed by atoms with Crippen LogP contribution in [-0.2, 0) is 0 Å². The van der Waals surface area contributed by atoms with E-state index in [-0.39, 0.29) is 12.1 Å². The predicted octanol–water partition coefficient (Wildman–Crippen LogP) is 6.75. The topological polar surface area (TPSA) is 50.4 Å². The summed E-state index contributed by atoms with van der Waals surface area (Å²) in [7, 11) is 0. The van der Waals surface area contributed by atoms with E-state index in [1.165, 1.54) is 0 Å². The van der Waals surface area contributed by atoms with Gasteiger partial charge < -0.3 is 15.4 Å². The Hall–Kier alpha value is -2.01. The zero-order valence-electron chi connectivity index (χ0n) is 15.6. The van der Waals surface area contributed by atoms with Gasteiger partial charge in [-0.05, 0) is 50.1 Å². The van der Waals surface area contributed by atoms with Gasteiger partial charge in [-0.3, -0.25) is 0 Å². The number of hydrogen-bond acceptors (Lipinski definition) is 2. The molecule has 0 aliphatic carbocycles. The van der Waals surface area contributed by atoms with E-state index in [4.69, 9.17) is 4.74 Å². The van der Waals surface area contributed by atoms with Gasteiger partial charge in [0, 0.05) is 10.2 Å². The lowest BCUT2D eigenvalue weighted by Crippen LogP contribution is -2.21. The number of carbonyl (C=O) groups is 1. The monoisotopic (exact) mass is 418 g/mol. The lowest BCUT2D eigenvalue weighted by Gasteiger charge is -2.21. The summed E-state index contributed by atoms with van der Waals surface area (Å²) in [6, 6.07) is 13.1. The zero-order valence-corrected chi connectivity index (χ0v) is 17.2. The standard InChI is InChI=1S/C21H27BrN2O2/c1-4-6-18(7-5-2)26-20-13-10-16(22)14-19(20)24-21(25)23-17-11-8-15(3)9-12-17/h8-14,18H,4-7H2,1-3H3,(H2,23,24,25). The van der Waals surface area contributed by atoms with Gasteiger partial charge in [-0.2, -0.15) is 0 Å². The molecule has 2 N–H and O–H groups in total. The van der Waals surface area contributed by atoms with Gasteiger partial charge in [-0.25, -0.2) is 4.79 Å². The molecule has 0 atom stereocenters. The van der Waals surface area contributed by atoms with Crippen LogP contribution in [0.1, 0.15) is 45.1 Å². The first kappa shape index (κ1) is 20.3. The quantitative estimate of drug-likeness (QED) is 0.497. The van der Waals surface area contributed by atoms with E-state index in [0.717, 1.165) is 41.4 Å². The largest absolute Gasteiger partial charge is 0.488 e. The van der Waals surface area contributed by atoms with Gasteiger partial charge >= 0.3 is 6.03 Å². The number of rotatable bonds is 8. The summed E-state index contributed by atoms with van der Waals surface area (Å²) in [5.74, 6) is 0.694. The second-order valence-corrected chi connectivity index (χ2v) is 7.32. The fourth-order valence-electron chi connectivity index (χ4n) is 2.71. The Morgan fingerprint density at radius 1 is 1.04 bits per heavy atom. The third kappa shape index (κ3) is 6.37. The van der Waals surface area contributed by atoms with Crippen LogP contribution in [0, 0.1) is 6.92 Å². The van der Waals surface area contributed by atoms with E-state index < -0.39 is 0 Å². The summed E-state index contributed by atoms with van der Waals surface area (Å²) < 4.78 is 7.07. The number of anilines is 2. The molecule has 2 aromatic carbocycles. The van der Waals surface area contributed by atoms with E-state index >= 15 is 0 Å². The van der Waals surface area contributed by atoms with Gasteiger partial charge in [0.1, 0.15) is 5.75 Å². The minimum absolute atomic E-state index is 0.159. The number of urea groups is 1. The highest BCUT2D eigenvalue weighted by Crippen LogP contribution is 2.30. The summed E-state index contributed by atoms with van der Waals surface area (Å²) in [6.07, 6.45) is 4.29. The van der Waals surface area contributed by atoms with Crippen molar-refractivity contribution in [3.8, 4) is 5.75 Å². The molecule has 5 heteroatoms. The Morgan fingerprint density at radius 3 is 2.31 bits per heavy atom. The third-order valence-corrected chi connectivity index (χ3v) is 4.51. The van der Waals surface area contributed by atoms with Gasteiger partial charge in [0.2, 0.25) is 0 Å². The van der Waals surface area contributed by atoms with Crippen molar-refractivity contribution in [1.29, 1.82) is 0 Å². The van der Waals surface area contributed by atoms with Crippen LogP contribution >= 0.6 is 15.9 Å². The average molecular weight is 419 g/mol. The molecule has 0 fully saturated rings. The summed E-state index contributed by atoms with van der Waals surface area (Å²) in [4.78, 5) is 12.4. The lowest BCUT2D eigenvalue weighted by atomic mass is 10.1. The zero-order chi connectivity index (χ0) is 18.9. The number of ether oxygens (including phenoxy) is 1. The normalized spacial score (nSPS) is 10.7. The third-order valence-electron chi connectivity index (χ3n) is 4.01. The molecule has 0 saturated heterocycles. The van der Waals surface area contributed by atoms with Gasteiger partial charge in [0.05, 0.1) is 11.8 Å². The summed E-state index contributed by atoms with van der Waals surface area (Å²) in [5, 5.41) is 5.75. The van der Waals surface area contributed by atoms with E-state index in [2.05, 4.69) is 40.4 Å². The maximum absolute atomic E-state index is 12.4. The molecule has 140 valence electrons. The van der Waals surface area contributed by atoms with Gasteiger partial charge in [-0.1, -0.05) is 60.3 Å². The number of benzene rings is 2. The van der Waals surface area contributed by atoms with Crippen LogP contribution in [0.3, 0.4) is 0 Å². The van der Waals surface area contributed by atoms with E-state index in [1.807, 2.05) is 49.4 Å². The minimum atomic E-state index is -0.292. The molecule has 4 nitrogen and oxygen atoms in total. The molecule has 2 rings (SSSR count). The molecule has 0 heterocycles. The Bertz CT molecular complexity index is 710. The molecule has 0 aliphatic rings. The molecule has 0 saturated carbocycles. The Kier molecular flexibility index (Phi) is 7.98. The highest BCUT2D eigenvalue weighted by atomic mass is 79.9. The van der Waals surface area contributed by atoms with Crippen molar-refractivity contribution in [2.24, 2.45) is 0 Å². The van der Waals surface area contributed by atoms with E-state index in [1.54, 1.807) is 0 Å². The van der Waals surface area contributed by atoms with Gasteiger partial charge in [0.25, 0.3) is 0 Å². The molecule has 0 spiro atoms. The van der Waals surface area contributed by atoms with Crippen LogP contribution in [0.15, 0.2) is 46.9 Å². The Labute approximate surface area is 164 Å². The van der Waals surface area contributed by atoms with Gasteiger partial charge in [0.15, 0.2) is 0 Å². The fourth-order valence-corrected chi connectivity index (χ4v) is 3.07.